The quantitative estimate of drug-likeness (QED) is 0.466. The predicted octanol–water partition coefficient (Wildman–Crippen LogP) is 4.47. The lowest BCUT2D eigenvalue weighted by Gasteiger charge is -2.19. The van der Waals surface area contributed by atoms with Crippen LogP contribution in [0.4, 0.5) is 0 Å². The van der Waals surface area contributed by atoms with Gasteiger partial charge in [-0.3, -0.25) is 0 Å². The van der Waals surface area contributed by atoms with Gasteiger partial charge in [-0.05, 0) is 35.4 Å². The SMILES string of the molecule is O=S(=O)(Cc1ccccc1)C(c1ccccc1)S(=O)(=O)Oc1ccc(Br)cc1. The van der Waals surface area contributed by atoms with Crippen molar-refractivity contribution in [1.82, 2.24) is 0 Å². The first kappa shape index (κ1) is 20.6. The van der Waals surface area contributed by atoms with E-state index in [1.54, 1.807) is 60.7 Å². The molecule has 0 N–H and O–H groups in total. The van der Waals surface area contributed by atoms with Crippen molar-refractivity contribution in [3.63, 3.8) is 0 Å². The molecule has 8 heteroatoms. The van der Waals surface area contributed by atoms with Gasteiger partial charge in [0.1, 0.15) is 5.75 Å². The summed E-state index contributed by atoms with van der Waals surface area (Å²) in [6, 6.07) is 22.4. The van der Waals surface area contributed by atoms with Gasteiger partial charge in [-0.25, -0.2) is 8.42 Å². The fourth-order valence-electron chi connectivity index (χ4n) is 2.71. The highest BCUT2D eigenvalue weighted by atomic mass is 79.9. The topological polar surface area (TPSA) is 77.5 Å². The second-order valence-corrected chi connectivity index (χ2v) is 11.0. The van der Waals surface area contributed by atoms with Crippen LogP contribution < -0.4 is 4.18 Å². The first-order valence-electron chi connectivity index (χ1n) is 8.27. The third-order valence-electron chi connectivity index (χ3n) is 3.90. The number of hydrogen-bond acceptors (Lipinski definition) is 5. The third kappa shape index (κ3) is 5.01. The first-order chi connectivity index (χ1) is 13.3. The maximum Gasteiger partial charge on any atom is 0.331 e. The van der Waals surface area contributed by atoms with Crippen LogP contribution >= 0.6 is 15.9 Å². The number of sulfone groups is 1. The van der Waals surface area contributed by atoms with E-state index in [0.29, 0.717) is 5.56 Å². The molecule has 5 nitrogen and oxygen atoms in total. The first-order valence-corrected chi connectivity index (χ1v) is 12.3. The van der Waals surface area contributed by atoms with Crippen LogP contribution in [-0.2, 0) is 25.7 Å². The number of halogens is 1. The predicted molar refractivity (Wildman–Crippen MR) is 112 cm³/mol. The average molecular weight is 481 g/mol. The van der Waals surface area contributed by atoms with Gasteiger partial charge in [0.05, 0.1) is 5.75 Å². The fourth-order valence-corrected chi connectivity index (χ4v) is 7.07. The molecule has 0 heterocycles. The lowest BCUT2D eigenvalue weighted by Crippen LogP contribution is -2.27. The molecule has 3 rings (SSSR count). The van der Waals surface area contributed by atoms with E-state index in [1.807, 2.05) is 0 Å². The molecule has 146 valence electrons. The van der Waals surface area contributed by atoms with Crippen LogP contribution in [-0.4, -0.2) is 16.8 Å². The number of hydrogen-bond donors (Lipinski definition) is 0. The summed E-state index contributed by atoms with van der Waals surface area (Å²) in [5.41, 5.74) is 0.637. The lowest BCUT2D eigenvalue weighted by atomic mass is 10.2. The molecule has 0 saturated carbocycles. The molecule has 0 aromatic heterocycles. The molecular weight excluding hydrogens is 464 g/mol. The molecule has 0 spiro atoms. The Morgan fingerprint density at radius 2 is 1.29 bits per heavy atom. The number of rotatable bonds is 7. The van der Waals surface area contributed by atoms with Crippen LogP contribution in [0.15, 0.2) is 89.4 Å². The highest BCUT2D eigenvalue weighted by Gasteiger charge is 2.41. The maximum atomic E-state index is 13.1. The highest BCUT2D eigenvalue weighted by Crippen LogP contribution is 2.33. The Kier molecular flexibility index (Phi) is 6.22. The van der Waals surface area contributed by atoms with Crippen molar-refractivity contribution in [1.29, 1.82) is 0 Å². The highest BCUT2D eigenvalue weighted by molar-refractivity contribution is 9.10. The van der Waals surface area contributed by atoms with E-state index >= 15 is 0 Å². The van der Waals surface area contributed by atoms with Gasteiger partial charge >= 0.3 is 10.1 Å². The number of benzene rings is 3. The van der Waals surface area contributed by atoms with E-state index < -0.39 is 30.3 Å². The van der Waals surface area contributed by atoms with Crippen molar-refractivity contribution in [3.8, 4) is 5.75 Å². The van der Waals surface area contributed by atoms with E-state index in [4.69, 9.17) is 4.18 Å². The molecule has 1 unspecified atom stereocenters. The molecule has 0 aliphatic rings. The molecule has 3 aromatic rings. The Morgan fingerprint density at radius 1 is 0.750 bits per heavy atom. The third-order valence-corrected chi connectivity index (χ3v) is 8.89. The minimum absolute atomic E-state index is 0.0408. The molecule has 0 saturated heterocycles. The van der Waals surface area contributed by atoms with Gasteiger partial charge in [-0.2, -0.15) is 8.42 Å². The van der Waals surface area contributed by atoms with Crippen LogP contribution in [0.3, 0.4) is 0 Å². The van der Waals surface area contributed by atoms with Gasteiger partial charge in [0.25, 0.3) is 0 Å². The molecule has 1 atom stereocenters. The summed E-state index contributed by atoms with van der Waals surface area (Å²) < 4.78 is 56.3. The van der Waals surface area contributed by atoms with Gasteiger partial charge in [-0.15, -0.1) is 0 Å². The molecule has 0 radical (unpaired) electrons. The van der Waals surface area contributed by atoms with Gasteiger partial charge in [0.15, 0.2) is 9.84 Å². The molecule has 0 aliphatic carbocycles. The molecular formula is C20H17BrO5S2. The second kappa shape index (κ2) is 8.46. The summed E-state index contributed by atoms with van der Waals surface area (Å²) in [5, 5.41) is 0. The summed E-state index contributed by atoms with van der Waals surface area (Å²) >= 11 is 3.26. The monoisotopic (exact) mass is 480 g/mol. The summed E-state index contributed by atoms with van der Waals surface area (Å²) in [5.74, 6) is -0.380. The van der Waals surface area contributed by atoms with Crippen molar-refractivity contribution in [3.05, 3.63) is 101 Å². The summed E-state index contributed by atoms with van der Waals surface area (Å²) in [7, 11) is -8.66. The van der Waals surface area contributed by atoms with Crippen molar-refractivity contribution in [2.45, 2.75) is 10.3 Å². The Balaban J connectivity index is 2.02. The normalized spacial score (nSPS) is 13.0. The van der Waals surface area contributed by atoms with Crippen LogP contribution in [0.2, 0.25) is 0 Å². The van der Waals surface area contributed by atoms with E-state index in [0.717, 1.165) is 4.47 Å². The minimum atomic E-state index is -4.52. The molecule has 28 heavy (non-hydrogen) atoms. The van der Waals surface area contributed by atoms with Gasteiger partial charge in [0, 0.05) is 4.47 Å². The molecule has 0 bridgehead atoms. The van der Waals surface area contributed by atoms with E-state index in [-0.39, 0.29) is 11.3 Å². The van der Waals surface area contributed by atoms with Gasteiger partial charge < -0.3 is 4.18 Å². The zero-order valence-electron chi connectivity index (χ0n) is 14.6. The minimum Gasteiger partial charge on any atom is -0.381 e. The van der Waals surface area contributed by atoms with Crippen LogP contribution in [0.25, 0.3) is 0 Å². The molecule has 0 aliphatic heterocycles. The van der Waals surface area contributed by atoms with Crippen molar-refractivity contribution < 1.29 is 21.0 Å². The Labute approximate surface area is 173 Å². The standard InChI is InChI=1S/C20H17BrO5S2/c21-18-11-13-19(14-12-18)26-28(24,25)20(17-9-5-2-6-10-17)27(22,23)15-16-7-3-1-4-8-16/h1-14,20H,15H2. The van der Waals surface area contributed by atoms with Crippen molar-refractivity contribution >= 4 is 35.9 Å². The zero-order chi connectivity index (χ0) is 20.2. The van der Waals surface area contributed by atoms with Crippen LogP contribution in [0, 0.1) is 0 Å². The summed E-state index contributed by atoms with van der Waals surface area (Å²) in [6.45, 7) is 0. The summed E-state index contributed by atoms with van der Waals surface area (Å²) in [6.07, 6.45) is 0. The van der Waals surface area contributed by atoms with Crippen molar-refractivity contribution in [2.24, 2.45) is 0 Å². The second-order valence-electron chi connectivity index (χ2n) is 6.07. The van der Waals surface area contributed by atoms with Gasteiger partial charge in [-0.1, -0.05) is 76.6 Å². The van der Waals surface area contributed by atoms with Crippen LogP contribution in [0.5, 0.6) is 5.75 Å². The van der Waals surface area contributed by atoms with Crippen LogP contribution in [0.1, 0.15) is 15.7 Å². The van der Waals surface area contributed by atoms with Gasteiger partial charge in [0.2, 0.25) is 4.58 Å². The molecule has 0 fully saturated rings. The Hall–Kier alpha value is -2.16. The van der Waals surface area contributed by atoms with Crippen molar-refractivity contribution in [2.75, 3.05) is 0 Å². The Bertz CT molecular complexity index is 1130. The smallest absolute Gasteiger partial charge is 0.331 e. The molecule has 3 aromatic carbocycles. The fraction of sp³-hybridized carbons (Fsp3) is 0.100. The Morgan fingerprint density at radius 3 is 1.86 bits per heavy atom. The summed E-state index contributed by atoms with van der Waals surface area (Å²) in [4.78, 5) is 0. The van der Waals surface area contributed by atoms with E-state index in [1.165, 1.54) is 24.3 Å². The lowest BCUT2D eigenvalue weighted by molar-refractivity contribution is 0.480. The largest absolute Gasteiger partial charge is 0.381 e. The molecule has 0 amide bonds. The van der Waals surface area contributed by atoms with E-state index in [9.17, 15) is 16.8 Å². The maximum absolute atomic E-state index is 13.1. The average Bonchev–Trinajstić information content (AvgIpc) is 2.64. The van der Waals surface area contributed by atoms with E-state index in [2.05, 4.69) is 15.9 Å². The zero-order valence-corrected chi connectivity index (χ0v) is 17.8.